The van der Waals surface area contributed by atoms with E-state index in [-0.39, 0.29) is 40.9 Å². The zero-order valence-corrected chi connectivity index (χ0v) is 34.5. The average molecular weight is 842 g/mol. The molecule has 0 bridgehead atoms. The zero-order chi connectivity index (χ0) is 43.0. The van der Waals surface area contributed by atoms with Gasteiger partial charge in [-0.25, -0.2) is 9.78 Å². The van der Waals surface area contributed by atoms with Gasteiger partial charge in [-0.2, -0.15) is 18.3 Å². The van der Waals surface area contributed by atoms with E-state index < -0.39 is 35.3 Å². The van der Waals surface area contributed by atoms with Crippen molar-refractivity contribution in [3.63, 3.8) is 0 Å². The average Bonchev–Trinajstić information content (AvgIpc) is 3.74. The van der Waals surface area contributed by atoms with Crippen molar-refractivity contribution >= 4 is 51.0 Å². The number of amides is 3. The molecule has 14 nitrogen and oxygen atoms in total. The highest BCUT2D eigenvalue weighted by Crippen LogP contribution is 2.45. The van der Waals surface area contributed by atoms with E-state index in [1.807, 2.05) is 23.0 Å². The Morgan fingerprint density at radius 2 is 1.70 bits per heavy atom. The number of benzene rings is 2. The van der Waals surface area contributed by atoms with Gasteiger partial charge in [0.2, 0.25) is 11.8 Å². The Bertz CT molecular complexity index is 2600. The molecule has 1 aliphatic carbocycles. The standard InChI is InChI=1S/C44H50F3N9O5/c1-42(2,61)29-21-31-27(20-32(29)49-39(58)30-6-4-9-36(48-30)44(45,46)47)23-55(51-31)28-12-10-26(11-13-28)22-53-18-16-43(17-19-53)24-54(25-43)33-7-5-8-34-38(33)52(3)41(60)56(34)35-14-15-37(57)50-40(35)59/h4-9,20-21,23,26,28,35,61H,10-19,22,24-25H2,1-3H3,(H,49,58)(H,50,57,59)/t26-,28-,35?. The van der Waals surface area contributed by atoms with Crippen LogP contribution in [0.15, 0.2) is 59.5 Å². The molecule has 17 heteroatoms. The number of imidazole rings is 1. The van der Waals surface area contributed by atoms with Crippen molar-refractivity contribution in [3.05, 3.63) is 82.2 Å². The van der Waals surface area contributed by atoms with Crippen molar-refractivity contribution in [1.29, 1.82) is 0 Å². The highest BCUT2D eigenvalue weighted by molar-refractivity contribution is 6.04. The van der Waals surface area contributed by atoms with E-state index in [0.29, 0.717) is 28.9 Å². The lowest BCUT2D eigenvalue weighted by Gasteiger charge is -2.55. The highest BCUT2D eigenvalue weighted by Gasteiger charge is 2.46. The SMILES string of the molecule is Cn1c(=O)n(C2CCC(=O)NC2=O)c2cccc(N3CC4(CCN(C[C@H]5CC[C@H](n6cc7cc(NC(=O)c8cccc(C(F)(F)F)n8)c(C(C)(C)O)cc7n6)CC5)CC4)C3)c21. The molecule has 1 saturated carbocycles. The van der Waals surface area contributed by atoms with E-state index in [9.17, 15) is 37.5 Å². The largest absolute Gasteiger partial charge is 0.433 e. The molecule has 61 heavy (non-hydrogen) atoms. The number of para-hydroxylation sites is 1. The number of anilines is 2. The lowest BCUT2D eigenvalue weighted by atomic mass is 9.71. The Labute approximate surface area is 349 Å². The van der Waals surface area contributed by atoms with Crippen LogP contribution in [0.1, 0.15) is 99.0 Å². The summed E-state index contributed by atoms with van der Waals surface area (Å²) in [4.78, 5) is 59.5. The number of hydrogen-bond acceptors (Lipinski definition) is 9. The minimum atomic E-state index is -4.69. The maximum absolute atomic E-state index is 13.5. The van der Waals surface area contributed by atoms with Crippen molar-refractivity contribution in [1.82, 2.24) is 34.1 Å². The lowest BCUT2D eigenvalue weighted by molar-refractivity contribution is -0.141. The molecule has 4 fully saturated rings. The fraction of sp³-hybridized carbons (Fsp3) is 0.500. The number of nitrogens with one attached hydrogen (secondary N) is 2. The molecule has 3 aromatic heterocycles. The van der Waals surface area contributed by atoms with E-state index in [4.69, 9.17) is 5.10 Å². The molecule has 322 valence electrons. The normalized spacial score (nSPS) is 22.5. The highest BCUT2D eigenvalue weighted by atomic mass is 19.4. The number of halogens is 3. The van der Waals surface area contributed by atoms with Gasteiger partial charge in [0.1, 0.15) is 17.4 Å². The molecule has 1 spiro atoms. The van der Waals surface area contributed by atoms with Gasteiger partial charge in [0.15, 0.2) is 0 Å². The first-order valence-electron chi connectivity index (χ1n) is 21.1. The van der Waals surface area contributed by atoms with Gasteiger partial charge in [0.25, 0.3) is 5.91 Å². The van der Waals surface area contributed by atoms with Gasteiger partial charge in [-0.15, -0.1) is 0 Å². The number of rotatable bonds is 8. The summed E-state index contributed by atoms with van der Waals surface area (Å²) in [5.74, 6) is -0.984. The smallest absolute Gasteiger partial charge is 0.386 e. The summed E-state index contributed by atoms with van der Waals surface area (Å²) in [5.41, 5.74) is 0.868. The molecule has 4 aliphatic rings. The van der Waals surface area contributed by atoms with Crippen LogP contribution in [0.25, 0.3) is 21.9 Å². The zero-order valence-electron chi connectivity index (χ0n) is 34.5. The molecular weight excluding hydrogens is 792 g/mol. The van der Waals surface area contributed by atoms with Gasteiger partial charge >= 0.3 is 11.9 Å². The summed E-state index contributed by atoms with van der Waals surface area (Å²) in [6.45, 7) is 8.12. The van der Waals surface area contributed by atoms with Crippen molar-refractivity contribution in [2.24, 2.45) is 18.4 Å². The van der Waals surface area contributed by atoms with E-state index in [1.54, 1.807) is 42.2 Å². The number of fused-ring (bicyclic) bond motifs is 2. The van der Waals surface area contributed by atoms with Crippen LogP contribution in [0.3, 0.4) is 0 Å². The summed E-state index contributed by atoms with van der Waals surface area (Å²) in [7, 11) is 1.75. The second-order valence-corrected chi connectivity index (χ2v) is 18.1. The summed E-state index contributed by atoms with van der Waals surface area (Å²) in [6, 6.07) is 11.9. The lowest BCUT2D eigenvalue weighted by Crippen LogP contribution is -2.60. The Morgan fingerprint density at radius 3 is 2.39 bits per heavy atom. The number of imide groups is 1. The van der Waals surface area contributed by atoms with Crippen molar-refractivity contribution in [3.8, 4) is 0 Å². The summed E-state index contributed by atoms with van der Waals surface area (Å²) >= 11 is 0. The van der Waals surface area contributed by atoms with E-state index in [2.05, 4.69) is 31.5 Å². The first-order valence-corrected chi connectivity index (χ1v) is 21.1. The van der Waals surface area contributed by atoms with Gasteiger partial charge in [-0.05, 0) is 114 Å². The minimum absolute atomic E-state index is 0.192. The molecule has 0 radical (unpaired) electrons. The maximum atomic E-state index is 13.5. The molecule has 2 aromatic carbocycles. The van der Waals surface area contributed by atoms with Crippen LogP contribution in [0, 0.1) is 11.3 Å². The number of carbonyl (C=O) groups is 3. The maximum Gasteiger partial charge on any atom is 0.433 e. The summed E-state index contributed by atoms with van der Waals surface area (Å²) in [5, 5.41) is 21.7. The van der Waals surface area contributed by atoms with Gasteiger partial charge < -0.3 is 20.2 Å². The van der Waals surface area contributed by atoms with Crippen molar-refractivity contribution < 1.29 is 32.7 Å². The first kappa shape index (κ1) is 40.8. The van der Waals surface area contributed by atoms with Gasteiger partial charge in [-0.3, -0.25) is 33.5 Å². The molecule has 3 N–H and O–H groups in total. The number of nitrogens with zero attached hydrogens (tertiary/aromatic N) is 7. The third kappa shape index (κ3) is 7.70. The minimum Gasteiger partial charge on any atom is -0.386 e. The van der Waals surface area contributed by atoms with Crippen molar-refractivity contribution in [2.75, 3.05) is 42.9 Å². The molecule has 3 saturated heterocycles. The number of aryl methyl sites for hydroxylation is 1. The molecule has 1 unspecified atom stereocenters. The Morgan fingerprint density at radius 1 is 0.984 bits per heavy atom. The number of likely N-dealkylation sites (tertiary alicyclic amines) is 1. The quantitative estimate of drug-likeness (QED) is 0.162. The molecule has 5 aromatic rings. The second-order valence-electron chi connectivity index (χ2n) is 18.1. The number of piperidine rings is 2. The fourth-order valence-corrected chi connectivity index (χ4v) is 10.1. The van der Waals surface area contributed by atoms with Crippen LogP contribution in [0.2, 0.25) is 0 Å². The number of aromatic nitrogens is 5. The topological polar surface area (TPSA) is 160 Å². The molecule has 6 heterocycles. The van der Waals surface area contributed by atoms with E-state index in [1.165, 1.54) is 6.07 Å². The third-order valence-electron chi connectivity index (χ3n) is 13.5. The summed E-state index contributed by atoms with van der Waals surface area (Å²) in [6.07, 6.45) is 4.03. The first-order chi connectivity index (χ1) is 29.0. The van der Waals surface area contributed by atoms with Crippen LogP contribution in [-0.4, -0.2) is 84.4 Å². The number of carbonyl (C=O) groups excluding carboxylic acids is 3. The predicted molar refractivity (Wildman–Crippen MR) is 222 cm³/mol. The Hall–Kier alpha value is -5.55. The number of aliphatic hydroxyl groups is 1. The van der Waals surface area contributed by atoms with E-state index >= 15 is 0 Å². The van der Waals surface area contributed by atoms with Crippen LogP contribution >= 0.6 is 0 Å². The van der Waals surface area contributed by atoms with Crippen LogP contribution in [-0.2, 0) is 28.4 Å². The molecule has 3 amide bonds. The predicted octanol–water partition coefficient (Wildman–Crippen LogP) is 5.89. The van der Waals surface area contributed by atoms with Crippen molar-refractivity contribution in [2.45, 2.75) is 89.1 Å². The second kappa shape index (κ2) is 15.1. The van der Waals surface area contributed by atoms with E-state index in [0.717, 1.165) is 100.0 Å². The number of hydrogen-bond donors (Lipinski definition) is 3. The van der Waals surface area contributed by atoms with Crippen LogP contribution < -0.4 is 21.2 Å². The molecule has 9 rings (SSSR count). The molecular formula is C44H50F3N9O5. The Balaban J connectivity index is 0.799. The fourth-order valence-electron chi connectivity index (χ4n) is 10.1. The van der Waals surface area contributed by atoms with Gasteiger partial charge in [-0.1, -0.05) is 12.1 Å². The monoisotopic (exact) mass is 841 g/mol. The van der Waals surface area contributed by atoms with Crippen LogP contribution in [0.5, 0.6) is 0 Å². The Kier molecular flexibility index (Phi) is 10.1. The third-order valence-corrected chi connectivity index (χ3v) is 13.5. The number of pyridine rings is 1. The molecule has 3 aliphatic heterocycles. The number of alkyl halides is 3. The molecule has 1 atom stereocenters. The van der Waals surface area contributed by atoms with Gasteiger partial charge in [0.05, 0.1) is 33.9 Å². The van der Waals surface area contributed by atoms with Crippen LogP contribution in [0.4, 0.5) is 24.5 Å². The van der Waals surface area contributed by atoms with Gasteiger partial charge in [0, 0.05) is 61.4 Å². The summed E-state index contributed by atoms with van der Waals surface area (Å²) < 4.78 is 45.0.